The number of aryl methyl sites for hydroxylation is 2. The van der Waals surface area contributed by atoms with Gasteiger partial charge in [0.2, 0.25) is 0 Å². The van der Waals surface area contributed by atoms with Crippen LogP contribution in [0.15, 0.2) is 34.2 Å². The van der Waals surface area contributed by atoms with Gasteiger partial charge in [0, 0.05) is 17.4 Å². The minimum Gasteiger partial charge on any atom is -0.346 e. The van der Waals surface area contributed by atoms with Crippen LogP contribution in [0, 0.1) is 27.7 Å². The van der Waals surface area contributed by atoms with Gasteiger partial charge in [-0.3, -0.25) is 4.79 Å². The van der Waals surface area contributed by atoms with Gasteiger partial charge in [0.05, 0.1) is 10.6 Å². The van der Waals surface area contributed by atoms with Crippen molar-refractivity contribution in [2.45, 2.75) is 59.4 Å². The summed E-state index contributed by atoms with van der Waals surface area (Å²) in [5.41, 5.74) is 6.92. The molecule has 1 aliphatic carbocycles. The zero-order valence-corrected chi connectivity index (χ0v) is 17.8. The number of carbonyl (C=O) groups is 1. The van der Waals surface area contributed by atoms with Crippen LogP contribution in [0.25, 0.3) is 6.08 Å². The minimum atomic E-state index is -0.0697. The maximum atomic E-state index is 12.5. The molecule has 0 radical (unpaired) electrons. The third-order valence-corrected chi connectivity index (χ3v) is 6.86. The number of aliphatic imine (C=N–C) groups is 1. The lowest BCUT2D eigenvalue weighted by atomic mass is 10.1. The van der Waals surface area contributed by atoms with Crippen molar-refractivity contribution in [2.75, 3.05) is 0 Å². The van der Waals surface area contributed by atoms with Crippen LogP contribution in [-0.2, 0) is 4.79 Å². The van der Waals surface area contributed by atoms with Crippen LogP contribution in [0.4, 0.5) is 5.69 Å². The molecule has 1 amide bonds. The van der Waals surface area contributed by atoms with Crippen LogP contribution >= 0.6 is 11.8 Å². The molecule has 1 aliphatic heterocycles. The Morgan fingerprint density at radius 1 is 1.18 bits per heavy atom. The molecule has 0 bridgehead atoms. The molecule has 2 fully saturated rings. The Balaban J connectivity index is 1.61. The lowest BCUT2D eigenvalue weighted by Crippen LogP contribution is -2.19. The van der Waals surface area contributed by atoms with E-state index in [0.717, 1.165) is 16.8 Å². The van der Waals surface area contributed by atoms with Crippen molar-refractivity contribution in [1.29, 1.82) is 0 Å². The van der Waals surface area contributed by atoms with Crippen LogP contribution in [0.3, 0.4) is 0 Å². The van der Waals surface area contributed by atoms with Gasteiger partial charge in [-0.1, -0.05) is 25.0 Å². The van der Waals surface area contributed by atoms with E-state index in [1.807, 2.05) is 18.2 Å². The van der Waals surface area contributed by atoms with E-state index in [2.05, 4.69) is 54.7 Å². The third kappa shape index (κ3) is 3.55. The Morgan fingerprint density at radius 2 is 1.93 bits per heavy atom. The molecule has 0 atom stereocenters. The average Bonchev–Trinajstić information content (AvgIpc) is 3.34. The number of benzene rings is 1. The maximum Gasteiger partial charge on any atom is 0.264 e. The molecule has 1 aromatic heterocycles. The zero-order valence-electron chi connectivity index (χ0n) is 17.0. The first kappa shape index (κ1) is 19.1. The first-order valence-corrected chi connectivity index (χ1v) is 10.8. The maximum absolute atomic E-state index is 12.5. The molecule has 2 aliphatic rings. The summed E-state index contributed by atoms with van der Waals surface area (Å²) in [6.07, 6.45) is 7.16. The topological polar surface area (TPSA) is 46.4 Å². The molecular formula is C23H27N3OS. The van der Waals surface area contributed by atoms with Crippen molar-refractivity contribution in [2.24, 2.45) is 4.99 Å². The highest BCUT2D eigenvalue weighted by Gasteiger charge is 2.26. The van der Waals surface area contributed by atoms with Gasteiger partial charge in [-0.15, -0.1) is 0 Å². The lowest BCUT2D eigenvalue weighted by molar-refractivity contribution is -0.115. The number of amides is 1. The Kier molecular flexibility index (Phi) is 5.19. The summed E-state index contributed by atoms with van der Waals surface area (Å²) in [7, 11) is 0. The van der Waals surface area contributed by atoms with Crippen LogP contribution in [0.5, 0.6) is 0 Å². The van der Waals surface area contributed by atoms with Crippen molar-refractivity contribution in [3.05, 3.63) is 57.2 Å². The van der Waals surface area contributed by atoms with E-state index < -0.39 is 0 Å². The summed E-state index contributed by atoms with van der Waals surface area (Å²) in [5.74, 6) is -0.0697. The molecule has 1 saturated heterocycles. The fourth-order valence-corrected chi connectivity index (χ4v) is 5.09. The van der Waals surface area contributed by atoms with Gasteiger partial charge in [-0.25, -0.2) is 4.99 Å². The molecule has 5 heteroatoms. The second kappa shape index (κ2) is 7.63. The average molecular weight is 394 g/mol. The quantitative estimate of drug-likeness (QED) is 0.677. The standard InChI is InChI=1S/C23H27N3OS/c1-14-8-7-11-20(16(14)3)24-23-25-22(27)21(28-23)13-18-12-15(2)26(17(18)4)19-9-5-6-10-19/h7-8,11-13,19H,5-6,9-10H2,1-4H3,(H,24,25,27)/b21-13-. The Hall–Kier alpha value is -2.27. The van der Waals surface area contributed by atoms with Gasteiger partial charge in [-0.05, 0) is 87.2 Å². The highest BCUT2D eigenvalue weighted by molar-refractivity contribution is 8.18. The molecule has 4 rings (SSSR count). The molecule has 0 unspecified atom stereocenters. The summed E-state index contributed by atoms with van der Waals surface area (Å²) in [6.45, 7) is 8.47. The Labute approximate surface area is 171 Å². The van der Waals surface area contributed by atoms with Crippen LogP contribution in [0.1, 0.15) is 59.8 Å². The molecule has 0 spiro atoms. The third-order valence-electron chi connectivity index (χ3n) is 5.95. The second-order valence-electron chi connectivity index (χ2n) is 7.84. The van der Waals surface area contributed by atoms with E-state index in [1.165, 1.54) is 54.4 Å². The highest BCUT2D eigenvalue weighted by Crippen LogP contribution is 2.35. The van der Waals surface area contributed by atoms with Crippen molar-refractivity contribution in [3.8, 4) is 0 Å². The molecule has 2 aromatic rings. The molecule has 1 saturated carbocycles. The summed E-state index contributed by atoms with van der Waals surface area (Å²) < 4.78 is 2.46. The molecule has 4 nitrogen and oxygen atoms in total. The van der Waals surface area contributed by atoms with Crippen LogP contribution in [-0.4, -0.2) is 15.6 Å². The minimum absolute atomic E-state index is 0.0697. The van der Waals surface area contributed by atoms with E-state index >= 15 is 0 Å². The van der Waals surface area contributed by atoms with E-state index in [9.17, 15) is 4.79 Å². The van der Waals surface area contributed by atoms with Crippen molar-refractivity contribution < 1.29 is 4.79 Å². The molecular weight excluding hydrogens is 366 g/mol. The number of hydrogen-bond acceptors (Lipinski definition) is 3. The van der Waals surface area contributed by atoms with Gasteiger partial charge < -0.3 is 9.88 Å². The number of nitrogens with zero attached hydrogens (tertiary/aromatic N) is 2. The number of amidine groups is 1. The summed E-state index contributed by atoms with van der Waals surface area (Å²) in [5, 5.41) is 3.56. The number of rotatable bonds is 3. The second-order valence-corrected chi connectivity index (χ2v) is 8.87. The summed E-state index contributed by atoms with van der Waals surface area (Å²) in [4.78, 5) is 17.9. The van der Waals surface area contributed by atoms with Crippen molar-refractivity contribution in [3.63, 3.8) is 0 Å². The van der Waals surface area contributed by atoms with Gasteiger partial charge in [0.15, 0.2) is 5.17 Å². The van der Waals surface area contributed by atoms with Gasteiger partial charge in [0.1, 0.15) is 0 Å². The van der Waals surface area contributed by atoms with Crippen LogP contribution < -0.4 is 5.32 Å². The number of carbonyl (C=O) groups excluding carboxylic acids is 1. The summed E-state index contributed by atoms with van der Waals surface area (Å²) in [6, 6.07) is 8.87. The van der Waals surface area contributed by atoms with E-state index in [0.29, 0.717) is 16.1 Å². The first-order chi connectivity index (χ1) is 13.4. The molecule has 1 N–H and O–H groups in total. The predicted octanol–water partition coefficient (Wildman–Crippen LogP) is 5.73. The van der Waals surface area contributed by atoms with E-state index in [4.69, 9.17) is 0 Å². The molecule has 28 heavy (non-hydrogen) atoms. The first-order valence-electron chi connectivity index (χ1n) is 9.98. The van der Waals surface area contributed by atoms with Gasteiger partial charge >= 0.3 is 0 Å². The van der Waals surface area contributed by atoms with E-state index in [1.54, 1.807) is 0 Å². The zero-order chi connectivity index (χ0) is 19.8. The van der Waals surface area contributed by atoms with Gasteiger partial charge in [0.25, 0.3) is 5.91 Å². The Bertz CT molecular complexity index is 994. The Morgan fingerprint density at radius 3 is 2.68 bits per heavy atom. The number of aromatic nitrogens is 1. The van der Waals surface area contributed by atoms with Crippen molar-refractivity contribution >= 4 is 34.6 Å². The van der Waals surface area contributed by atoms with E-state index in [-0.39, 0.29) is 5.91 Å². The fraction of sp³-hybridized carbons (Fsp3) is 0.391. The molecule has 1 aromatic carbocycles. The number of hydrogen-bond donors (Lipinski definition) is 1. The monoisotopic (exact) mass is 393 g/mol. The fourth-order valence-electron chi connectivity index (χ4n) is 4.26. The van der Waals surface area contributed by atoms with Crippen LogP contribution in [0.2, 0.25) is 0 Å². The highest BCUT2D eigenvalue weighted by atomic mass is 32.2. The normalized spacial score (nSPS) is 20.5. The van der Waals surface area contributed by atoms with Crippen molar-refractivity contribution in [1.82, 2.24) is 9.88 Å². The number of thioether (sulfide) groups is 1. The SMILES string of the molecule is Cc1cccc(N=C2NC(=O)/C(=C/c3cc(C)n(C4CCCC4)c3C)S2)c1C. The molecule has 2 heterocycles. The smallest absolute Gasteiger partial charge is 0.264 e. The van der Waals surface area contributed by atoms with Gasteiger partial charge in [-0.2, -0.15) is 0 Å². The number of nitrogens with one attached hydrogen (secondary N) is 1. The molecule has 146 valence electrons. The largest absolute Gasteiger partial charge is 0.346 e. The lowest BCUT2D eigenvalue weighted by Gasteiger charge is -2.17. The summed E-state index contributed by atoms with van der Waals surface area (Å²) >= 11 is 1.42. The predicted molar refractivity (Wildman–Crippen MR) is 118 cm³/mol.